The number of nitrogens with one attached hydrogen (secondary N) is 1. The number of nitrogens with zero attached hydrogens (tertiary/aromatic N) is 1. The van der Waals surface area contributed by atoms with Gasteiger partial charge in [0.2, 0.25) is 0 Å². The zero-order valence-corrected chi connectivity index (χ0v) is 14.5. The van der Waals surface area contributed by atoms with Gasteiger partial charge in [0.1, 0.15) is 11.6 Å². The first kappa shape index (κ1) is 17.0. The van der Waals surface area contributed by atoms with Crippen LogP contribution in [0.25, 0.3) is 16.8 Å². The molecule has 0 bridgehead atoms. The van der Waals surface area contributed by atoms with Crippen LogP contribution in [-0.4, -0.2) is 5.91 Å². The molecule has 5 heteroatoms. The van der Waals surface area contributed by atoms with E-state index < -0.39 is 5.91 Å². The summed E-state index contributed by atoms with van der Waals surface area (Å²) in [5.74, 6) is -0.495. The number of amides is 1. The topological polar surface area (TPSA) is 52.9 Å². The average Bonchev–Trinajstić information content (AvgIpc) is 2.61. The molecule has 25 heavy (non-hydrogen) atoms. The largest absolute Gasteiger partial charge is 0.321 e. The molecular formula is C20H12Cl2N2O. The van der Waals surface area contributed by atoms with Gasteiger partial charge in [0.25, 0.3) is 5.91 Å². The lowest BCUT2D eigenvalue weighted by Gasteiger charge is -2.08. The van der Waals surface area contributed by atoms with Crippen LogP contribution in [0.3, 0.4) is 0 Å². The van der Waals surface area contributed by atoms with Gasteiger partial charge in [0.05, 0.1) is 0 Å². The lowest BCUT2D eigenvalue weighted by atomic mass is 10.1. The Bertz CT molecular complexity index is 1030. The molecule has 0 heterocycles. The predicted molar refractivity (Wildman–Crippen MR) is 103 cm³/mol. The van der Waals surface area contributed by atoms with Gasteiger partial charge in [-0.3, -0.25) is 4.79 Å². The second-order valence-corrected chi connectivity index (χ2v) is 6.16. The number of halogens is 2. The Hall–Kier alpha value is -2.80. The maximum atomic E-state index is 12.5. The number of carbonyl (C=O) groups is 1. The second-order valence-electron chi connectivity index (χ2n) is 5.32. The molecule has 122 valence electrons. The second kappa shape index (κ2) is 7.40. The third kappa shape index (κ3) is 3.83. The zero-order valence-electron chi connectivity index (χ0n) is 13.0. The summed E-state index contributed by atoms with van der Waals surface area (Å²) >= 11 is 12.0. The summed E-state index contributed by atoms with van der Waals surface area (Å²) in [6.07, 6.45) is 1.44. The number of nitriles is 1. The fourth-order valence-corrected chi connectivity index (χ4v) is 2.91. The van der Waals surface area contributed by atoms with Crippen molar-refractivity contribution >= 4 is 51.6 Å². The highest BCUT2D eigenvalue weighted by atomic mass is 35.5. The van der Waals surface area contributed by atoms with Gasteiger partial charge in [-0.2, -0.15) is 5.26 Å². The number of anilines is 1. The minimum absolute atomic E-state index is 0.0443. The van der Waals surface area contributed by atoms with Crippen molar-refractivity contribution in [3.63, 3.8) is 0 Å². The molecule has 3 rings (SSSR count). The minimum Gasteiger partial charge on any atom is -0.321 e. The highest BCUT2D eigenvalue weighted by Crippen LogP contribution is 2.25. The van der Waals surface area contributed by atoms with E-state index in [4.69, 9.17) is 23.2 Å². The number of fused-ring (bicyclic) bond motifs is 1. The lowest BCUT2D eigenvalue weighted by Crippen LogP contribution is -2.13. The summed E-state index contributed by atoms with van der Waals surface area (Å²) in [5.41, 5.74) is 1.15. The van der Waals surface area contributed by atoms with Crippen molar-refractivity contribution in [3.05, 3.63) is 81.8 Å². The van der Waals surface area contributed by atoms with E-state index in [9.17, 15) is 10.1 Å². The number of carbonyl (C=O) groups excluding carboxylic acids is 1. The van der Waals surface area contributed by atoms with Crippen LogP contribution < -0.4 is 5.32 Å². The van der Waals surface area contributed by atoms with Crippen LogP contribution in [0.2, 0.25) is 10.0 Å². The Morgan fingerprint density at radius 1 is 1.04 bits per heavy atom. The molecular weight excluding hydrogens is 355 g/mol. The summed E-state index contributed by atoms with van der Waals surface area (Å²) in [5, 5.41) is 14.9. The fourth-order valence-electron chi connectivity index (χ4n) is 2.45. The highest BCUT2D eigenvalue weighted by Gasteiger charge is 2.12. The number of rotatable bonds is 3. The molecule has 3 aromatic rings. The molecule has 1 amide bonds. The molecule has 0 fully saturated rings. The summed E-state index contributed by atoms with van der Waals surface area (Å²) in [4.78, 5) is 12.5. The van der Waals surface area contributed by atoms with Crippen molar-refractivity contribution < 1.29 is 4.79 Å². The Morgan fingerprint density at radius 3 is 2.56 bits per heavy atom. The molecule has 0 saturated carbocycles. The summed E-state index contributed by atoms with van der Waals surface area (Å²) in [7, 11) is 0. The fraction of sp³-hybridized carbons (Fsp3) is 0. The van der Waals surface area contributed by atoms with Gasteiger partial charge in [0.15, 0.2) is 0 Å². The van der Waals surface area contributed by atoms with Crippen LogP contribution >= 0.6 is 23.2 Å². The molecule has 0 saturated heterocycles. The van der Waals surface area contributed by atoms with E-state index in [1.165, 1.54) is 6.08 Å². The number of benzene rings is 3. The smallest absolute Gasteiger partial charge is 0.266 e. The van der Waals surface area contributed by atoms with Crippen molar-refractivity contribution in [2.24, 2.45) is 0 Å². The molecule has 0 aliphatic rings. The van der Waals surface area contributed by atoms with Gasteiger partial charge < -0.3 is 5.32 Å². The molecule has 1 N–H and O–H groups in total. The van der Waals surface area contributed by atoms with Crippen LogP contribution in [-0.2, 0) is 4.79 Å². The first-order valence-corrected chi connectivity index (χ1v) is 8.20. The minimum atomic E-state index is -0.495. The van der Waals surface area contributed by atoms with E-state index in [1.807, 2.05) is 42.5 Å². The number of hydrogen-bond acceptors (Lipinski definition) is 2. The molecule has 0 radical (unpaired) electrons. The summed E-state index contributed by atoms with van der Waals surface area (Å²) in [6.45, 7) is 0. The number of hydrogen-bond donors (Lipinski definition) is 1. The van der Waals surface area contributed by atoms with E-state index in [0.29, 0.717) is 21.3 Å². The van der Waals surface area contributed by atoms with E-state index in [0.717, 1.165) is 10.8 Å². The molecule has 0 atom stereocenters. The van der Waals surface area contributed by atoms with Crippen molar-refractivity contribution in [3.8, 4) is 6.07 Å². The Labute approximate surface area is 155 Å². The third-order valence-corrected chi connectivity index (χ3v) is 4.23. The van der Waals surface area contributed by atoms with Gasteiger partial charge in [-0.05, 0) is 35.2 Å². The van der Waals surface area contributed by atoms with Gasteiger partial charge >= 0.3 is 0 Å². The van der Waals surface area contributed by atoms with E-state index in [1.54, 1.807) is 24.3 Å². The molecule has 0 spiro atoms. The molecule has 0 unspecified atom stereocenters. The Morgan fingerprint density at radius 2 is 1.80 bits per heavy atom. The van der Waals surface area contributed by atoms with Crippen molar-refractivity contribution in [1.29, 1.82) is 5.26 Å². The van der Waals surface area contributed by atoms with Crippen molar-refractivity contribution in [2.45, 2.75) is 0 Å². The summed E-state index contributed by atoms with van der Waals surface area (Å²) < 4.78 is 0. The van der Waals surface area contributed by atoms with Crippen LogP contribution in [0.1, 0.15) is 5.56 Å². The SMILES string of the molecule is N#C/C(=C\c1ccc(Cl)cc1Cl)C(=O)Nc1cccc2ccccc12. The third-order valence-electron chi connectivity index (χ3n) is 3.67. The highest BCUT2D eigenvalue weighted by molar-refractivity contribution is 6.35. The van der Waals surface area contributed by atoms with Crippen LogP contribution in [0.5, 0.6) is 0 Å². The van der Waals surface area contributed by atoms with Crippen LogP contribution in [0, 0.1) is 11.3 Å². The zero-order chi connectivity index (χ0) is 17.8. The average molecular weight is 367 g/mol. The first-order chi connectivity index (χ1) is 12.1. The predicted octanol–water partition coefficient (Wildman–Crippen LogP) is 5.69. The van der Waals surface area contributed by atoms with E-state index in [2.05, 4.69) is 5.32 Å². The molecule has 0 aliphatic heterocycles. The van der Waals surface area contributed by atoms with Gasteiger partial charge in [0, 0.05) is 21.1 Å². The van der Waals surface area contributed by atoms with E-state index in [-0.39, 0.29) is 5.57 Å². The van der Waals surface area contributed by atoms with E-state index >= 15 is 0 Å². The molecule has 0 aliphatic carbocycles. The molecule has 3 nitrogen and oxygen atoms in total. The normalized spacial score (nSPS) is 11.2. The van der Waals surface area contributed by atoms with Crippen LogP contribution in [0.4, 0.5) is 5.69 Å². The lowest BCUT2D eigenvalue weighted by molar-refractivity contribution is -0.112. The molecule has 0 aromatic heterocycles. The van der Waals surface area contributed by atoms with Crippen LogP contribution in [0.15, 0.2) is 66.2 Å². The Balaban J connectivity index is 1.93. The quantitative estimate of drug-likeness (QED) is 0.477. The first-order valence-electron chi connectivity index (χ1n) is 7.44. The van der Waals surface area contributed by atoms with Crippen molar-refractivity contribution in [1.82, 2.24) is 0 Å². The maximum Gasteiger partial charge on any atom is 0.266 e. The maximum absolute atomic E-state index is 12.5. The van der Waals surface area contributed by atoms with Crippen molar-refractivity contribution in [2.75, 3.05) is 5.32 Å². The monoisotopic (exact) mass is 366 g/mol. The Kier molecular flexibility index (Phi) is 5.04. The van der Waals surface area contributed by atoms with Gasteiger partial charge in [-0.1, -0.05) is 65.7 Å². The van der Waals surface area contributed by atoms with Gasteiger partial charge in [-0.25, -0.2) is 0 Å². The summed E-state index contributed by atoms with van der Waals surface area (Å²) in [6, 6.07) is 20.1. The molecule has 3 aromatic carbocycles. The van der Waals surface area contributed by atoms with Gasteiger partial charge in [-0.15, -0.1) is 0 Å². The standard InChI is InChI=1S/C20H12Cl2N2O/c21-16-9-8-14(18(22)11-16)10-15(12-23)20(25)24-19-7-3-5-13-4-1-2-6-17(13)19/h1-11H,(H,24,25)/b15-10+.